The van der Waals surface area contributed by atoms with Crippen LogP contribution in [0.4, 0.5) is 0 Å². The summed E-state index contributed by atoms with van der Waals surface area (Å²) in [6, 6.07) is 9.09. The molecule has 4 aromatic rings. The molecule has 294 valence electrons. The van der Waals surface area contributed by atoms with Gasteiger partial charge < -0.3 is 84.6 Å². The summed E-state index contributed by atoms with van der Waals surface area (Å²) in [5, 5.41) is 123. The van der Waals surface area contributed by atoms with Gasteiger partial charge in [0.05, 0.1) is 18.8 Å². The summed E-state index contributed by atoms with van der Waals surface area (Å²) in [5.41, 5.74) is -1.52. The Morgan fingerprint density at radius 1 is 0.727 bits per heavy atom. The predicted octanol–water partition coefficient (Wildman–Crippen LogP) is -1.05. The summed E-state index contributed by atoms with van der Waals surface area (Å²) in [6.07, 6.45) is -14.9. The van der Waals surface area contributed by atoms with Crippen molar-refractivity contribution in [2.24, 2.45) is 0 Å². The van der Waals surface area contributed by atoms with Gasteiger partial charge in [0.2, 0.25) is 6.29 Å². The molecule has 10 atom stereocenters. The first-order valence-electron chi connectivity index (χ1n) is 16.5. The number of phenolic OH excluding ortho intramolecular Hbond substituents is 5. The van der Waals surface area contributed by atoms with Crippen molar-refractivity contribution in [2.75, 3.05) is 13.2 Å². The number of carbonyl (C=O) groups excluding carboxylic acids is 1. The fourth-order valence-electron chi connectivity index (χ4n) is 6.22. The molecule has 0 unspecified atom stereocenters. The van der Waals surface area contributed by atoms with Crippen molar-refractivity contribution in [2.45, 2.75) is 61.2 Å². The van der Waals surface area contributed by atoms with Gasteiger partial charge in [-0.1, -0.05) is 6.07 Å². The molecule has 0 aliphatic carbocycles. The van der Waals surface area contributed by atoms with Gasteiger partial charge in [-0.25, -0.2) is 4.79 Å². The summed E-state index contributed by atoms with van der Waals surface area (Å²) in [7, 11) is 0. The maximum atomic E-state index is 13.5. The number of aliphatic hydroxyl groups excluding tert-OH is 7. The molecule has 19 heteroatoms. The number of aliphatic hydroxyl groups is 7. The van der Waals surface area contributed by atoms with Crippen molar-refractivity contribution in [1.82, 2.24) is 0 Å². The van der Waals surface area contributed by atoms with Gasteiger partial charge in [0.15, 0.2) is 34.5 Å². The van der Waals surface area contributed by atoms with Gasteiger partial charge in [-0.2, -0.15) is 0 Å². The van der Waals surface area contributed by atoms with E-state index < -0.39 is 126 Å². The first-order chi connectivity index (χ1) is 26.1. The second-order valence-electron chi connectivity index (χ2n) is 12.7. The van der Waals surface area contributed by atoms with Gasteiger partial charge >= 0.3 is 5.97 Å². The number of benzene rings is 3. The van der Waals surface area contributed by atoms with E-state index in [9.17, 15) is 70.9 Å². The van der Waals surface area contributed by atoms with Crippen molar-refractivity contribution in [1.29, 1.82) is 0 Å². The van der Waals surface area contributed by atoms with E-state index >= 15 is 0 Å². The molecule has 0 saturated carbocycles. The lowest BCUT2D eigenvalue weighted by Crippen LogP contribution is -2.60. The van der Waals surface area contributed by atoms with Crippen LogP contribution in [0.5, 0.6) is 34.5 Å². The van der Waals surface area contributed by atoms with E-state index in [-0.39, 0.29) is 28.2 Å². The van der Waals surface area contributed by atoms with E-state index in [1.807, 2.05) is 0 Å². The van der Waals surface area contributed by atoms with Crippen molar-refractivity contribution >= 4 is 23.0 Å². The third kappa shape index (κ3) is 7.60. The van der Waals surface area contributed by atoms with Crippen molar-refractivity contribution < 1.29 is 89.4 Å². The zero-order valence-corrected chi connectivity index (χ0v) is 28.2. The van der Waals surface area contributed by atoms with E-state index in [1.54, 1.807) is 0 Å². The Balaban J connectivity index is 1.30. The zero-order chi connectivity index (χ0) is 39.9. The van der Waals surface area contributed by atoms with Gasteiger partial charge in [-0.05, 0) is 42.0 Å². The Kier molecular flexibility index (Phi) is 11.2. The van der Waals surface area contributed by atoms with Crippen LogP contribution in [-0.2, 0) is 19.0 Å². The smallest absolute Gasteiger partial charge is 0.331 e. The predicted molar refractivity (Wildman–Crippen MR) is 183 cm³/mol. The van der Waals surface area contributed by atoms with Crippen LogP contribution in [0.3, 0.4) is 0 Å². The lowest BCUT2D eigenvalue weighted by molar-refractivity contribution is -0.277. The summed E-state index contributed by atoms with van der Waals surface area (Å²) < 4.78 is 27.6. The van der Waals surface area contributed by atoms with Crippen LogP contribution in [0.15, 0.2) is 63.8 Å². The van der Waals surface area contributed by atoms with Gasteiger partial charge in [0.1, 0.15) is 77.1 Å². The van der Waals surface area contributed by atoms with Crippen LogP contribution in [-0.4, -0.2) is 136 Å². The van der Waals surface area contributed by atoms with E-state index in [0.29, 0.717) is 0 Å². The number of hydrogen-bond acceptors (Lipinski definition) is 19. The van der Waals surface area contributed by atoms with E-state index in [0.717, 1.165) is 36.4 Å². The van der Waals surface area contributed by atoms with E-state index in [1.165, 1.54) is 24.3 Å². The second kappa shape index (κ2) is 15.7. The monoisotopic (exact) mass is 772 g/mol. The Morgan fingerprint density at radius 2 is 1.42 bits per heavy atom. The largest absolute Gasteiger partial charge is 0.507 e. The molecular formula is C36H36O19. The minimum Gasteiger partial charge on any atom is -0.507 e. The molecule has 2 aliphatic rings. The van der Waals surface area contributed by atoms with Crippen molar-refractivity contribution in [3.8, 4) is 45.8 Å². The summed E-state index contributed by atoms with van der Waals surface area (Å²) in [5.74, 6) is -4.76. The molecule has 55 heavy (non-hydrogen) atoms. The van der Waals surface area contributed by atoms with Gasteiger partial charge in [0.25, 0.3) is 0 Å². The highest BCUT2D eigenvalue weighted by molar-refractivity contribution is 5.89. The highest BCUT2D eigenvalue weighted by Gasteiger charge is 2.49. The molecule has 0 bridgehead atoms. The van der Waals surface area contributed by atoms with E-state index in [2.05, 4.69) is 0 Å². The highest BCUT2D eigenvalue weighted by atomic mass is 16.7. The maximum Gasteiger partial charge on any atom is 0.331 e. The molecule has 0 radical (unpaired) electrons. The van der Waals surface area contributed by atoms with Crippen molar-refractivity contribution in [3.63, 3.8) is 0 Å². The second-order valence-corrected chi connectivity index (χ2v) is 12.7. The molecule has 2 fully saturated rings. The SMILES string of the molecule is O=C(/C=C/c1ccc(O)c(O)c1)O[C@H]1[C@@H](O)[C@H](O)[C@H](CO)O[C@H]1c1c(O)cc2oc(-c3ccc(O[C@@H]4O[C@H](CO)[C@@H](O)[C@H](O)[C@@H]4O)c(O)c3)cc(=O)c2c1O. The van der Waals surface area contributed by atoms with Crippen LogP contribution in [0.1, 0.15) is 17.2 Å². The molecule has 0 amide bonds. The Bertz CT molecular complexity index is 2150. The summed E-state index contributed by atoms with van der Waals surface area (Å²) >= 11 is 0. The fraction of sp³-hybridized carbons (Fsp3) is 0.333. The molecule has 3 heterocycles. The van der Waals surface area contributed by atoms with Crippen LogP contribution in [0.2, 0.25) is 0 Å². The fourth-order valence-corrected chi connectivity index (χ4v) is 6.22. The first kappa shape index (κ1) is 39.2. The van der Waals surface area contributed by atoms with Crippen molar-refractivity contribution in [3.05, 3.63) is 76.0 Å². The molecule has 6 rings (SSSR count). The minimum atomic E-state index is -1.96. The van der Waals surface area contributed by atoms with Crippen LogP contribution >= 0.6 is 0 Å². The van der Waals surface area contributed by atoms with E-state index in [4.69, 9.17) is 23.4 Å². The third-order valence-corrected chi connectivity index (χ3v) is 9.16. The molecular weight excluding hydrogens is 736 g/mol. The molecule has 2 saturated heterocycles. The molecule has 12 N–H and O–H groups in total. The number of fused-ring (bicyclic) bond motifs is 1. The third-order valence-electron chi connectivity index (χ3n) is 9.16. The molecule has 3 aromatic carbocycles. The molecule has 19 nitrogen and oxygen atoms in total. The lowest BCUT2D eigenvalue weighted by atomic mass is 9.89. The molecule has 0 spiro atoms. The quantitative estimate of drug-likeness (QED) is 0.0548. The average Bonchev–Trinajstić information content (AvgIpc) is 3.15. The standard InChI is InChI=1S/C36H36O19/c37-11-23-29(46)32(49)35(55-25(44)6-2-13-1-4-15(39)16(40)7-13)34(52-23)27-19(43)10-22-26(30(27)47)18(42)9-21(51-22)14-3-5-20(17(41)8-14)53-36-33(50)31(48)28(45)24(12-38)54-36/h1-10,23-24,28-29,31-41,43,45-50H,11-12H2/b6-2+/t23-,24+,28+,29+,31-,32-,33-,34-,35-,36+/m0/s1. The molecule has 1 aromatic heterocycles. The Morgan fingerprint density at radius 3 is 2.09 bits per heavy atom. The number of rotatable bonds is 9. The normalized spacial score (nSPS) is 28.3. The number of ether oxygens (including phenoxy) is 4. The number of esters is 1. The maximum absolute atomic E-state index is 13.5. The number of carbonyl (C=O) groups is 1. The highest BCUT2D eigenvalue weighted by Crippen LogP contribution is 2.46. The Labute approximate surface area is 308 Å². The first-order valence-corrected chi connectivity index (χ1v) is 16.5. The Hall–Kier alpha value is -5.48. The lowest BCUT2D eigenvalue weighted by Gasteiger charge is -2.42. The summed E-state index contributed by atoms with van der Waals surface area (Å²) in [6.45, 7) is -1.58. The minimum absolute atomic E-state index is 0.0711. The van der Waals surface area contributed by atoms with Crippen LogP contribution in [0.25, 0.3) is 28.4 Å². The number of aromatic hydroxyl groups is 5. The summed E-state index contributed by atoms with van der Waals surface area (Å²) in [4.78, 5) is 26.3. The van der Waals surface area contributed by atoms with Crippen LogP contribution < -0.4 is 10.2 Å². The molecule has 2 aliphatic heterocycles. The topological polar surface area (TPSA) is 327 Å². The van der Waals surface area contributed by atoms with Gasteiger partial charge in [-0.15, -0.1) is 0 Å². The average molecular weight is 773 g/mol. The van der Waals surface area contributed by atoms with Crippen LogP contribution in [0, 0.1) is 0 Å². The van der Waals surface area contributed by atoms with Gasteiger partial charge in [-0.3, -0.25) is 4.79 Å². The van der Waals surface area contributed by atoms with Gasteiger partial charge in [0, 0.05) is 23.8 Å². The zero-order valence-electron chi connectivity index (χ0n) is 28.2. The number of hydrogen-bond donors (Lipinski definition) is 12. The number of phenols is 5.